The van der Waals surface area contributed by atoms with Crippen LogP contribution in [-0.2, 0) is 4.79 Å². The molecule has 0 unspecified atom stereocenters. The zero-order valence-corrected chi connectivity index (χ0v) is 8.99. The van der Waals surface area contributed by atoms with Crippen LogP contribution in [0.2, 0.25) is 0 Å². The minimum atomic E-state index is -4.75. The predicted octanol–water partition coefficient (Wildman–Crippen LogP) is 1.51. The van der Waals surface area contributed by atoms with E-state index in [2.05, 4.69) is 4.74 Å². The number of hydrogen-bond acceptors (Lipinski definition) is 3. The summed E-state index contributed by atoms with van der Waals surface area (Å²) >= 11 is 0. The van der Waals surface area contributed by atoms with Gasteiger partial charge in [-0.25, -0.2) is 0 Å². The standard InChI is InChI=1S/C10H11F3N2O2/c1-15(9(16)6-14)7-3-2-4-8(5-7)17-10(11,12)13/h2-5H,6,14H2,1H3. The maximum absolute atomic E-state index is 12.0. The number of rotatable bonds is 3. The topological polar surface area (TPSA) is 55.6 Å². The van der Waals surface area contributed by atoms with Crippen molar-refractivity contribution in [3.05, 3.63) is 24.3 Å². The van der Waals surface area contributed by atoms with E-state index < -0.39 is 12.3 Å². The molecule has 1 aromatic carbocycles. The van der Waals surface area contributed by atoms with Crippen molar-refractivity contribution in [1.29, 1.82) is 0 Å². The fraction of sp³-hybridized carbons (Fsp3) is 0.300. The average Bonchev–Trinajstić information content (AvgIpc) is 2.25. The number of likely N-dealkylation sites (N-methyl/N-ethyl adjacent to an activating group) is 1. The quantitative estimate of drug-likeness (QED) is 0.882. The molecule has 0 heterocycles. The molecule has 7 heteroatoms. The smallest absolute Gasteiger partial charge is 0.406 e. The van der Waals surface area contributed by atoms with Crippen LogP contribution in [-0.4, -0.2) is 25.9 Å². The molecule has 0 radical (unpaired) electrons. The van der Waals surface area contributed by atoms with Gasteiger partial charge < -0.3 is 15.4 Å². The lowest BCUT2D eigenvalue weighted by molar-refractivity contribution is -0.274. The zero-order chi connectivity index (χ0) is 13.1. The Balaban J connectivity index is 2.89. The van der Waals surface area contributed by atoms with Gasteiger partial charge in [-0.3, -0.25) is 4.79 Å². The maximum Gasteiger partial charge on any atom is 0.573 e. The number of ether oxygens (including phenoxy) is 1. The molecule has 2 N–H and O–H groups in total. The average molecular weight is 248 g/mol. The zero-order valence-electron chi connectivity index (χ0n) is 8.99. The van der Waals surface area contributed by atoms with E-state index in [0.717, 1.165) is 17.0 Å². The van der Waals surface area contributed by atoms with Gasteiger partial charge in [0.25, 0.3) is 0 Å². The molecule has 0 spiro atoms. The summed E-state index contributed by atoms with van der Waals surface area (Å²) in [5, 5.41) is 0. The molecule has 0 saturated heterocycles. The molecular formula is C10H11F3N2O2. The second-order valence-corrected chi connectivity index (χ2v) is 3.20. The molecule has 0 aliphatic rings. The largest absolute Gasteiger partial charge is 0.573 e. The minimum Gasteiger partial charge on any atom is -0.406 e. The van der Waals surface area contributed by atoms with Crippen molar-refractivity contribution in [3.63, 3.8) is 0 Å². The SMILES string of the molecule is CN(C(=O)CN)c1cccc(OC(F)(F)F)c1. The van der Waals surface area contributed by atoms with Crippen molar-refractivity contribution in [1.82, 2.24) is 0 Å². The number of halogens is 3. The molecule has 0 atom stereocenters. The number of anilines is 1. The third-order valence-electron chi connectivity index (χ3n) is 1.99. The Hall–Kier alpha value is -1.76. The van der Waals surface area contributed by atoms with Gasteiger partial charge in [-0.2, -0.15) is 0 Å². The van der Waals surface area contributed by atoms with Gasteiger partial charge in [0, 0.05) is 18.8 Å². The minimum absolute atomic E-state index is 0.221. The number of alkyl halides is 3. The van der Waals surface area contributed by atoms with Crippen LogP contribution in [0.3, 0.4) is 0 Å². The predicted molar refractivity (Wildman–Crippen MR) is 55.6 cm³/mol. The molecule has 1 amide bonds. The molecule has 4 nitrogen and oxygen atoms in total. The fourth-order valence-corrected chi connectivity index (χ4v) is 1.17. The van der Waals surface area contributed by atoms with E-state index in [0.29, 0.717) is 0 Å². The molecule has 0 aliphatic heterocycles. The molecule has 1 rings (SSSR count). The van der Waals surface area contributed by atoms with Crippen LogP contribution in [0.1, 0.15) is 0 Å². The summed E-state index contributed by atoms with van der Waals surface area (Å²) in [5.41, 5.74) is 5.43. The monoisotopic (exact) mass is 248 g/mol. The van der Waals surface area contributed by atoms with E-state index in [4.69, 9.17) is 5.73 Å². The summed E-state index contributed by atoms with van der Waals surface area (Å²) < 4.78 is 39.7. The highest BCUT2D eigenvalue weighted by Crippen LogP contribution is 2.26. The van der Waals surface area contributed by atoms with Gasteiger partial charge in [-0.1, -0.05) is 6.07 Å². The summed E-state index contributed by atoms with van der Waals surface area (Å²) in [6, 6.07) is 5.10. The lowest BCUT2D eigenvalue weighted by Gasteiger charge is -2.17. The Morgan fingerprint density at radius 2 is 2.12 bits per heavy atom. The number of amides is 1. The second kappa shape index (κ2) is 5.05. The molecule has 17 heavy (non-hydrogen) atoms. The van der Waals surface area contributed by atoms with Crippen LogP contribution in [0.5, 0.6) is 5.75 Å². The Kier molecular flexibility index (Phi) is 3.95. The van der Waals surface area contributed by atoms with Crippen molar-refractivity contribution in [3.8, 4) is 5.75 Å². The fourth-order valence-electron chi connectivity index (χ4n) is 1.17. The van der Waals surface area contributed by atoms with Gasteiger partial charge in [0.05, 0.1) is 6.54 Å². The molecule has 0 saturated carbocycles. The lowest BCUT2D eigenvalue weighted by atomic mass is 10.3. The number of benzene rings is 1. The number of hydrogen-bond donors (Lipinski definition) is 1. The van der Waals surface area contributed by atoms with Gasteiger partial charge in [-0.15, -0.1) is 13.2 Å². The van der Waals surface area contributed by atoms with Crippen molar-refractivity contribution in [2.45, 2.75) is 6.36 Å². The molecule has 0 bridgehead atoms. The number of carbonyl (C=O) groups is 1. The van der Waals surface area contributed by atoms with E-state index in [9.17, 15) is 18.0 Å². The van der Waals surface area contributed by atoms with Gasteiger partial charge in [0.2, 0.25) is 5.91 Å². The second-order valence-electron chi connectivity index (χ2n) is 3.20. The van der Waals surface area contributed by atoms with Gasteiger partial charge in [-0.05, 0) is 12.1 Å². The Labute approximate surface area is 95.8 Å². The van der Waals surface area contributed by atoms with E-state index in [1.165, 1.54) is 19.2 Å². The number of nitrogens with two attached hydrogens (primary N) is 1. The van der Waals surface area contributed by atoms with Gasteiger partial charge >= 0.3 is 6.36 Å². The molecule has 0 fully saturated rings. The third kappa shape index (κ3) is 3.95. The van der Waals surface area contributed by atoms with Crippen LogP contribution in [0.4, 0.5) is 18.9 Å². The summed E-state index contributed by atoms with van der Waals surface area (Å²) in [4.78, 5) is 12.4. The highest BCUT2D eigenvalue weighted by molar-refractivity contribution is 5.94. The van der Waals surface area contributed by atoms with E-state index in [-0.39, 0.29) is 18.0 Å². The van der Waals surface area contributed by atoms with Crippen molar-refractivity contribution in [2.24, 2.45) is 5.73 Å². The van der Waals surface area contributed by atoms with Crippen LogP contribution < -0.4 is 15.4 Å². The Bertz CT molecular complexity index is 407. The van der Waals surface area contributed by atoms with Crippen LogP contribution in [0.15, 0.2) is 24.3 Å². The summed E-state index contributed by atoms with van der Waals surface area (Å²) in [6.45, 7) is -0.221. The Morgan fingerprint density at radius 3 is 2.65 bits per heavy atom. The van der Waals surface area contributed by atoms with Crippen LogP contribution in [0, 0.1) is 0 Å². The van der Waals surface area contributed by atoms with E-state index in [1.54, 1.807) is 0 Å². The van der Waals surface area contributed by atoms with E-state index in [1.807, 2.05) is 0 Å². The van der Waals surface area contributed by atoms with Gasteiger partial charge in [0.15, 0.2) is 0 Å². The molecule has 94 valence electrons. The molecule has 0 aromatic heterocycles. The normalized spacial score (nSPS) is 11.1. The molecular weight excluding hydrogens is 237 g/mol. The first-order valence-corrected chi connectivity index (χ1v) is 4.66. The van der Waals surface area contributed by atoms with Crippen LogP contribution in [0.25, 0.3) is 0 Å². The van der Waals surface area contributed by atoms with Crippen LogP contribution >= 0.6 is 0 Å². The van der Waals surface area contributed by atoms with Gasteiger partial charge in [0.1, 0.15) is 5.75 Å². The number of carbonyl (C=O) groups excluding carboxylic acids is 1. The maximum atomic E-state index is 12.0. The Morgan fingerprint density at radius 1 is 1.47 bits per heavy atom. The first-order chi connectivity index (χ1) is 7.83. The highest BCUT2D eigenvalue weighted by atomic mass is 19.4. The first-order valence-electron chi connectivity index (χ1n) is 4.66. The highest BCUT2D eigenvalue weighted by Gasteiger charge is 2.31. The summed E-state index contributed by atoms with van der Waals surface area (Å²) in [5.74, 6) is -0.791. The molecule has 1 aromatic rings. The van der Waals surface area contributed by atoms with E-state index >= 15 is 0 Å². The summed E-state index contributed by atoms with van der Waals surface area (Å²) in [7, 11) is 1.42. The number of nitrogens with zero attached hydrogens (tertiary/aromatic N) is 1. The molecule has 0 aliphatic carbocycles. The van der Waals surface area contributed by atoms with Crippen molar-refractivity contribution in [2.75, 3.05) is 18.5 Å². The first kappa shape index (κ1) is 13.3. The lowest BCUT2D eigenvalue weighted by Crippen LogP contribution is -2.32. The van der Waals surface area contributed by atoms with Crippen molar-refractivity contribution < 1.29 is 22.7 Å². The summed E-state index contributed by atoms with van der Waals surface area (Å²) in [6.07, 6.45) is -4.75. The van der Waals surface area contributed by atoms with Crippen molar-refractivity contribution >= 4 is 11.6 Å². The third-order valence-corrected chi connectivity index (χ3v) is 1.99.